The van der Waals surface area contributed by atoms with E-state index in [0.29, 0.717) is 51.1 Å². The molecule has 1 saturated heterocycles. The number of benzene rings is 2. The molecule has 33 heavy (non-hydrogen) atoms. The van der Waals surface area contributed by atoms with Gasteiger partial charge in [-0.05, 0) is 43.4 Å². The Morgan fingerprint density at radius 3 is 2.33 bits per heavy atom. The standard InChI is InChI=1S/C26H33N3O4/c1-19-8-10-22(11-9-19)25(31)28-24(26(32)27-14-17-33-2)21-12-15-29(16-13-21)23(30)18-20-6-4-3-5-7-20/h3-11,21,24H,12-18H2,1-2H3,(H,27,32)(H,28,31). The van der Waals surface area contributed by atoms with Gasteiger partial charge in [0, 0.05) is 32.3 Å². The Bertz CT molecular complexity index is 922. The van der Waals surface area contributed by atoms with Crippen LogP contribution in [0, 0.1) is 12.8 Å². The molecule has 3 amide bonds. The summed E-state index contributed by atoms with van der Waals surface area (Å²) in [4.78, 5) is 40.3. The highest BCUT2D eigenvalue weighted by Crippen LogP contribution is 2.22. The fourth-order valence-corrected chi connectivity index (χ4v) is 4.08. The number of aryl methyl sites for hydroxylation is 1. The topological polar surface area (TPSA) is 87.7 Å². The van der Waals surface area contributed by atoms with E-state index >= 15 is 0 Å². The van der Waals surface area contributed by atoms with E-state index in [1.54, 1.807) is 19.2 Å². The summed E-state index contributed by atoms with van der Waals surface area (Å²) >= 11 is 0. The number of likely N-dealkylation sites (tertiary alicyclic amines) is 1. The molecule has 0 saturated carbocycles. The Kier molecular flexibility index (Phi) is 9.01. The van der Waals surface area contributed by atoms with Gasteiger partial charge < -0.3 is 20.3 Å². The summed E-state index contributed by atoms with van der Waals surface area (Å²) in [5.74, 6) is -0.460. The molecule has 1 fully saturated rings. The number of piperidine rings is 1. The monoisotopic (exact) mass is 451 g/mol. The second-order valence-electron chi connectivity index (χ2n) is 8.48. The van der Waals surface area contributed by atoms with Crippen molar-refractivity contribution >= 4 is 17.7 Å². The van der Waals surface area contributed by atoms with Gasteiger partial charge in [0.05, 0.1) is 13.0 Å². The van der Waals surface area contributed by atoms with E-state index < -0.39 is 6.04 Å². The normalized spacial score (nSPS) is 15.0. The number of hydrogen-bond donors (Lipinski definition) is 2. The third-order valence-corrected chi connectivity index (χ3v) is 6.05. The van der Waals surface area contributed by atoms with Crippen LogP contribution in [0.1, 0.15) is 34.3 Å². The minimum Gasteiger partial charge on any atom is -0.383 e. The molecule has 0 spiro atoms. The van der Waals surface area contributed by atoms with Gasteiger partial charge >= 0.3 is 0 Å². The quantitative estimate of drug-likeness (QED) is 0.573. The molecular weight excluding hydrogens is 418 g/mol. The number of methoxy groups -OCH3 is 1. The Morgan fingerprint density at radius 1 is 1.03 bits per heavy atom. The Labute approximate surface area is 195 Å². The number of nitrogens with zero attached hydrogens (tertiary/aromatic N) is 1. The average molecular weight is 452 g/mol. The zero-order chi connectivity index (χ0) is 23.6. The van der Waals surface area contributed by atoms with Gasteiger partial charge in [-0.25, -0.2) is 0 Å². The molecule has 1 aliphatic heterocycles. The Hall–Kier alpha value is -3.19. The third kappa shape index (κ3) is 7.15. The number of carbonyl (C=O) groups excluding carboxylic acids is 3. The largest absolute Gasteiger partial charge is 0.383 e. The minimum absolute atomic E-state index is 0.0530. The van der Waals surface area contributed by atoms with Crippen LogP contribution in [0.25, 0.3) is 0 Å². The molecule has 7 heteroatoms. The van der Waals surface area contributed by atoms with Gasteiger partial charge in [-0.1, -0.05) is 48.0 Å². The summed E-state index contributed by atoms with van der Waals surface area (Å²) in [5.41, 5.74) is 2.57. The first-order valence-corrected chi connectivity index (χ1v) is 11.4. The van der Waals surface area contributed by atoms with Crippen LogP contribution in [-0.4, -0.2) is 62.0 Å². The molecule has 2 N–H and O–H groups in total. The minimum atomic E-state index is -0.665. The SMILES string of the molecule is COCCNC(=O)C(NC(=O)c1ccc(C)cc1)C1CCN(C(=O)Cc2ccccc2)CC1. The first-order chi connectivity index (χ1) is 16.0. The highest BCUT2D eigenvalue weighted by atomic mass is 16.5. The van der Waals surface area contributed by atoms with Gasteiger partial charge in [-0.2, -0.15) is 0 Å². The van der Waals surface area contributed by atoms with Gasteiger partial charge in [0.1, 0.15) is 6.04 Å². The molecule has 1 atom stereocenters. The predicted molar refractivity (Wildman–Crippen MR) is 127 cm³/mol. The lowest BCUT2D eigenvalue weighted by molar-refractivity contribution is -0.132. The number of rotatable bonds is 9. The second kappa shape index (κ2) is 12.2. The average Bonchev–Trinajstić information content (AvgIpc) is 2.83. The molecule has 1 aliphatic rings. The summed E-state index contributed by atoms with van der Waals surface area (Å²) in [6, 6.07) is 16.3. The number of ether oxygens (including phenoxy) is 1. The molecule has 176 valence electrons. The van der Waals surface area contributed by atoms with Crippen molar-refractivity contribution < 1.29 is 19.1 Å². The van der Waals surface area contributed by atoms with Crippen LogP contribution in [-0.2, 0) is 20.7 Å². The maximum atomic E-state index is 12.9. The van der Waals surface area contributed by atoms with Crippen molar-refractivity contribution in [2.24, 2.45) is 5.92 Å². The summed E-state index contributed by atoms with van der Waals surface area (Å²) in [7, 11) is 1.57. The molecule has 3 rings (SSSR count). The van der Waals surface area contributed by atoms with Crippen molar-refractivity contribution in [3.63, 3.8) is 0 Å². The fraction of sp³-hybridized carbons (Fsp3) is 0.423. The maximum absolute atomic E-state index is 12.9. The number of carbonyl (C=O) groups is 3. The highest BCUT2D eigenvalue weighted by molar-refractivity contribution is 5.97. The van der Waals surface area contributed by atoms with E-state index in [9.17, 15) is 14.4 Å². The van der Waals surface area contributed by atoms with Crippen molar-refractivity contribution in [1.29, 1.82) is 0 Å². The van der Waals surface area contributed by atoms with Crippen LogP contribution in [0.5, 0.6) is 0 Å². The van der Waals surface area contributed by atoms with Gasteiger partial charge in [0.2, 0.25) is 11.8 Å². The molecule has 0 aromatic heterocycles. The molecule has 0 bridgehead atoms. The summed E-state index contributed by atoms with van der Waals surface area (Å²) in [6.07, 6.45) is 1.67. The Balaban J connectivity index is 1.62. The maximum Gasteiger partial charge on any atom is 0.251 e. The first kappa shape index (κ1) is 24.5. The third-order valence-electron chi connectivity index (χ3n) is 6.05. The molecule has 1 unspecified atom stereocenters. The van der Waals surface area contributed by atoms with Crippen molar-refractivity contribution in [3.8, 4) is 0 Å². The zero-order valence-electron chi connectivity index (χ0n) is 19.4. The zero-order valence-corrected chi connectivity index (χ0v) is 19.4. The lowest BCUT2D eigenvalue weighted by atomic mass is 9.88. The number of hydrogen-bond acceptors (Lipinski definition) is 4. The molecular formula is C26H33N3O4. The van der Waals surface area contributed by atoms with Crippen molar-refractivity contribution in [1.82, 2.24) is 15.5 Å². The molecule has 2 aromatic carbocycles. The van der Waals surface area contributed by atoms with E-state index in [0.717, 1.165) is 11.1 Å². The van der Waals surface area contributed by atoms with Crippen LogP contribution in [0.15, 0.2) is 54.6 Å². The van der Waals surface area contributed by atoms with Gasteiger partial charge in [0.25, 0.3) is 5.91 Å². The van der Waals surface area contributed by atoms with Crippen molar-refractivity contribution in [2.75, 3.05) is 33.4 Å². The molecule has 2 aromatic rings. The van der Waals surface area contributed by atoms with Gasteiger partial charge in [-0.3, -0.25) is 14.4 Å². The van der Waals surface area contributed by atoms with Crippen molar-refractivity contribution in [2.45, 2.75) is 32.2 Å². The lowest BCUT2D eigenvalue weighted by Crippen LogP contribution is -2.54. The van der Waals surface area contributed by atoms with Gasteiger partial charge in [-0.15, -0.1) is 0 Å². The highest BCUT2D eigenvalue weighted by Gasteiger charge is 2.33. The fourth-order valence-electron chi connectivity index (χ4n) is 4.08. The number of nitrogens with one attached hydrogen (secondary N) is 2. The molecule has 0 aliphatic carbocycles. The summed E-state index contributed by atoms with van der Waals surface area (Å²) in [6.45, 7) is 3.87. The number of amides is 3. The predicted octanol–water partition coefficient (Wildman–Crippen LogP) is 2.34. The van der Waals surface area contributed by atoms with E-state index in [2.05, 4.69) is 10.6 Å². The lowest BCUT2D eigenvalue weighted by Gasteiger charge is -2.36. The Morgan fingerprint density at radius 2 is 1.70 bits per heavy atom. The van der Waals surface area contributed by atoms with Gasteiger partial charge in [0.15, 0.2) is 0 Å². The molecule has 7 nitrogen and oxygen atoms in total. The van der Waals surface area contributed by atoms with E-state index in [4.69, 9.17) is 4.74 Å². The molecule has 1 heterocycles. The van der Waals surface area contributed by atoms with E-state index in [1.807, 2.05) is 54.3 Å². The second-order valence-corrected chi connectivity index (χ2v) is 8.48. The first-order valence-electron chi connectivity index (χ1n) is 11.4. The summed E-state index contributed by atoms with van der Waals surface area (Å²) in [5, 5.41) is 5.79. The van der Waals surface area contributed by atoms with Crippen LogP contribution < -0.4 is 10.6 Å². The van der Waals surface area contributed by atoms with Crippen LogP contribution >= 0.6 is 0 Å². The van der Waals surface area contributed by atoms with E-state index in [-0.39, 0.29) is 23.6 Å². The van der Waals surface area contributed by atoms with Crippen LogP contribution in [0.3, 0.4) is 0 Å². The summed E-state index contributed by atoms with van der Waals surface area (Å²) < 4.78 is 5.02. The smallest absolute Gasteiger partial charge is 0.251 e. The van der Waals surface area contributed by atoms with E-state index in [1.165, 1.54) is 0 Å². The van der Waals surface area contributed by atoms with Crippen LogP contribution in [0.4, 0.5) is 0 Å². The van der Waals surface area contributed by atoms with Crippen LogP contribution in [0.2, 0.25) is 0 Å². The molecule has 0 radical (unpaired) electrons. The van der Waals surface area contributed by atoms with Crippen molar-refractivity contribution in [3.05, 3.63) is 71.3 Å².